The summed E-state index contributed by atoms with van der Waals surface area (Å²) in [5.74, 6) is 0. The Bertz CT molecular complexity index is 242. The van der Waals surface area contributed by atoms with Gasteiger partial charge in [-0.3, -0.25) is 9.97 Å². The molecule has 0 saturated heterocycles. The third-order valence-corrected chi connectivity index (χ3v) is 1.67. The van der Waals surface area contributed by atoms with Crippen LogP contribution in [-0.4, -0.2) is 9.97 Å². The van der Waals surface area contributed by atoms with Crippen molar-refractivity contribution in [1.82, 2.24) is 9.97 Å². The Hall–Kier alpha value is -0.580. The molecule has 0 aromatic carbocycles. The molecule has 1 heterocycles. The standard InChI is InChI=1S/C6H5BrF2N2/c7-3-4-5(6(8)9)11-2-1-10-4/h1-2,6H,3H2. The van der Waals surface area contributed by atoms with Crippen molar-refractivity contribution in [2.75, 3.05) is 0 Å². The summed E-state index contributed by atoms with van der Waals surface area (Å²) >= 11 is 3.04. The van der Waals surface area contributed by atoms with Crippen molar-refractivity contribution >= 4 is 15.9 Å². The molecule has 0 atom stereocenters. The maximum absolute atomic E-state index is 12.1. The van der Waals surface area contributed by atoms with E-state index < -0.39 is 6.43 Å². The number of hydrogen-bond donors (Lipinski definition) is 0. The number of aromatic nitrogens is 2. The number of alkyl halides is 3. The van der Waals surface area contributed by atoms with Gasteiger partial charge in [-0.05, 0) is 0 Å². The number of rotatable bonds is 2. The molecule has 0 saturated carbocycles. The molecule has 0 radical (unpaired) electrons. The Labute approximate surface area is 70.8 Å². The monoisotopic (exact) mass is 222 g/mol. The van der Waals surface area contributed by atoms with E-state index in [1.807, 2.05) is 0 Å². The summed E-state index contributed by atoms with van der Waals surface area (Å²) in [7, 11) is 0. The fraction of sp³-hybridized carbons (Fsp3) is 0.333. The smallest absolute Gasteiger partial charge is 0.257 e. The maximum Gasteiger partial charge on any atom is 0.282 e. The van der Waals surface area contributed by atoms with Crippen LogP contribution in [0.15, 0.2) is 12.4 Å². The Morgan fingerprint density at radius 3 is 2.45 bits per heavy atom. The second-order valence-electron chi connectivity index (χ2n) is 1.82. The molecular weight excluding hydrogens is 218 g/mol. The first-order valence-corrected chi connectivity index (χ1v) is 4.01. The Morgan fingerprint density at radius 2 is 2.00 bits per heavy atom. The minimum absolute atomic E-state index is 0.246. The van der Waals surface area contributed by atoms with Crippen molar-refractivity contribution in [2.24, 2.45) is 0 Å². The molecule has 0 aliphatic rings. The van der Waals surface area contributed by atoms with Gasteiger partial charge in [0.15, 0.2) is 0 Å². The van der Waals surface area contributed by atoms with Crippen molar-refractivity contribution < 1.29 is 8.78 Å². The summed E-state index contributed by atoms with van der Waals surface area (Å²) in [6.45, 7) is 0. The second kappa shape index (κ2) is 3.71. The molecule has 1 aromatic rings. The van der Waals surface area contributed by atoms with Crippen molar-refractivity contribution in [3.8, 4) is 0 Å². The fourth-order valence-electron chi connectivity index (χ4n) is 0.663. The molecule has 60 valence electrons. The van der Waals surface area contributed by atoms with Crippen LogP contribution in [0.4, 0.5) is 8.78 Å². The first-order chi connectivity index (χ1) is 5.25. The van der Waals surface area contributed by atoms with E-state index in [-0.39, 0.29) is 5.69 Å². The van der Waals surface area contributed by atoms with Crippen LogP contribution in [0.25, 0.3) is 0 Å². The van der Waals surface area contributed by atoms with Crippen LogP contribution >= 0.6 is 15.9 Å². The Balaban J connectivity index is 3.02. The van der Waals surface area contributed by atoms with E-state index in [1.165, 1.54) is 12.4 Å². The van der Waals surface area contributed by atoms with Gasteiger partial charge in [0.2, 0.25) is 0 Å². The summed E-state index contributed by atoms with van der Waals surface area (Å²) in [5.41, 5.74) is 0.0480. The predicted octanol–water partition coefficient (Wildman–Crippen LogP) is 2.31. The molecule has 0 N–H and O–H groups in total. The van der Waals surface area contributed by atoms with Gasteiger partial charge in [-0.1, -0.05) is 15.9 Å². The van der Waals surface area contributed by atoms with Gasteiger partial charge in [-0.15, -0.1) is 0 Å². The molecule has 11 heavy (non-hydrogen) atoms. The zero-order chi connectivity index (χ0) is 8.27. The van der Waals surface area contributed by atoms with Crippen LogP contribution in [-0.2, 0) is 5.33 Å². The van der Waals surface area contributed by atoms with Crippen molar-refractivity contribution in [1.29, 1.82) is 0 Å². The topological polar surface area (TPSA) is 25.8 Å². The molecule has 2 nitrogen and oxygen atoms in total. The minimum Gasteiger partial charge on any atom is -0.257 e. The molecule has 1 rings (SSSR count). The van der Waals surface area contributed by atoms with E-state index in [9.17, 15) is 8.78 Å². The van der Waals surface area contributed by atoms with Gasteiger partial charge in [0.25, 0.3) is 6.43 Å². The maximum atomic E-state index is 12.1. The van der Waals surface area contributed by atoms with Gasteiger partial charge in [-0.25, -0.2) is 8.78 Å². The van der Waals surface area contributed by atoms with Gasteiger partial charge in [0, 0.05) is 17.7 Å². The summed E-state index contributed by atoms with van der Waals surface area (Å²) in [4.78, 5) is 7.24. The average Bonchev–Trinajstić information content (AvgIpc) is 2.04. The summed E-state index contributed by atoms with van der Waals surface area (Å²) in [5, 5.41) is 0.306. The van der Waals surface area contributed by atoms with Crippen molar-refractivity contribution in [3.63, 3.8) is 0 Å². The molecule has 0 aliphatic heterocycles. The highest BCUT2D eigenvalue weighted by molar-refractivity contribution is 9.08. The number of nitrogens with zero attached hydrogens (tertiary/aromatic N) is 2. The van der Waals surface area contributed by atoms with Crippen LogP contribution in [0.5, 0.6) is 0 Å². The van der Waals surface area contributed by atoms with Crippen molar-refractivity contribution in [2.45, 2.75) is 11.8 Å². The van der Waals surface area contributed by atoms with E-state index in [4.69, 9.17) is 0 Å². The Kier molecular flexibility index (Phi) is 2.87. The first-order valence-electron chi connectivity index (χ1n) is 2.89. The summed E-state index contributed by atoms with van der Waals surface area (Å²) < 4.78 is 24.2. The lowest BCUT2D eigenvalue weighted by atomic mass is 10.3. The molecule has 0 unspecified atom stereocenters. The van der Waals surface area contributed by atoms with E-state index in [1.54, 1.807) is 0 Å². The van der Waals surface area contributed by atoms with E-state index in [2.05, 4.69) is 25.9 Å². The highest BCUT2D eigenvalue weighted by atomic mass is 79.9. The highest BCUT2D eigenvalue weighted by Gasteiger charge is 2.13. The minimum atomic E-state index is -2.55. The molecule has 0 amide bonds. The lowest BCUT2D eigenvalue weighted by Crippen LogP contribution is -1.98. The number of hydrogen-bond acceptors (Lipinski definition) is 2. The normalized spacial score (nSPS) is 10.5. The molecular formula is C6H5BrF2N2. The third-order valence-electron chi connectivity index (χ3n) is 1.14. The number of halogens is 3. The van der Waals surface area contributed by atoms with Gasteiger partial charge in [0.05, 0.1) is 5.69 Å². The van der Waals surface area contributed by atoms with Crippen LogP contribution < -0.4 is 0 Å². The van der Waals surface area contributed by atoms with Gasteiger partial charge < -0.3 is 0 Å². The van der Waals surface area contributed by atoms with Gasteiger partial charge in [0.1, 0.15) is 5.69 Å². The van der Waals surface area contributed by atoms with Crippen LogP contribution in [0, 0.1) is 0 Å². The molecule has 0 bridgehead atoms. The average molecular weight is 223 g/mol. The van der Waals surface area contributed by atoms with Gasteiger partial charge >= 0.3 is 0 Å². The first kappa shape index (κ1) is 8.52. The summed E-state index contributed by atoms with van der Waals surface area (Å²) in [6, 6.07) is 0. The van der Waals surface area contributed by atoms with E-state index >= 15 is 0 Å². The van der Waals surface area contributed by atoms with E-state index in [0.29, 0.717) is 11.0 Å². The Morgan fingerprint density at radius 1 is 1.36 bits per heavy atom. The SMILES string of the molecule is FC(F)c1nccnc1CBr. The molecule has 0 spiro atoms. The molecule has 1 aromatic heterocycles. The van der Waals surface area contributed by atoms with Crippen molar-refractivity contribution in [3.05, 3.63) is 23.8 Å². The fourth-order valence-corrected chi connectivity index (χ4v) is 1.09. The van der Waals surface area contributed by atoms with Crippen LogP contribution in [0.3, 0.4) is 0 Å². The van der Waals surface area contributed by atoms with Gasteiger partial charge in [-0.2, -0.15) is 0 Å². The predicted molar refractivity (Wildman–Crippen MR) is 39.6 cm³/mol. The molecule has 0 fully saturated rings. The largest absolute Gasteiger partial charge is 0.282 e. The zero-order valence-electron chi connectivity index (χ0n) is 5.47. The third kappa shape index (κ3) is 1.92. The zero-order valence-corrected chi connectivity index (χ0v) is 7.05. The highest BCUT2D eigenvalue weighted by Crippen LogP contribution is 2.19. The molecule has 0 aliphatic carbocycles. The summed E-state index contributed by atoms with van der Waals surface area (Å²) in [6.07, 6.45) is 0.104. The second-order valence-corrected chi connectivity index (χ2v) is 2.38. The lowest BCUT2D eigenvalue weighted by Gasteiger charge is -2.01. The molecule has 5 heteroatoms. The van der Waals surface area contributed by atoms with Crippen LogP contribution in [0.1, 0.15) is 17.8 Å². The quantitative estimate of drug-likeness (QED) is 0.719. The lowest BCUT2D eigenvalue weighted by molar-refractivity contribution is 0.144. The van der Waals surface area contributed by atoms with E-state index in [0.717, 1.165) is 0 Å². The van der Waals surface area contributed by atoms with Crippen LogP contribution in [0.2, 0.25) is 0 Å².